The lowest BCUT2D eigenvalue weighted by atomic mass is 10.1. The molecule has 0 atom stereocenters. The van der Waals surface area contributed by atoms with E-state index in [1.54, 1.807) is 0 Å². The monoisotopic (exact) mass is 195 g/mol. The number of hydrogen-bond donors (Lipinski definition) is 1. The van der Waals surface area contributed by atoms with Crippen molar-refractivity contribution in [1.82, 2.24) is 5.32 Å². The van der Waals surface area contributed by atoms with Gasteiger partial charge in [0.25, 0.3) is 0 Å². The number of nitrogens with one attached hydrogen (secondary N) is 1. The van der Waals surface area contributed by atoms with Crippen molar-refractivity contribution in [2.45, 2.75) is 45.7 Å². The third kappa shape index (κ3) is 3.09. The van der Waals surface area contributed by atoms with Gasteiger partial charge in [-0.05, 0) is 34.6 Å². The largest absolute Gasteiger partial charge is 0.370 e. The fourth-order valence-corrected chi connectivity index (χ4v) is 1.02. The van der Waals surface area contributed by atoms with Crippen LogP contribution in [-0.2, 0) is 0 Å². The summed E-state index contributed by atoms with van der Waals surface area (Å²) in [5.74, 6) is 0.894. The lowest BCUT2D eigenvalue weighted by Gasteiger charge is -2.20. The van der Waals surface area contributed by atoms with Crippen LogP contribution >= 0.6 is 0 Å². The fraction of sp³-hybridized carbons (Fsp3) is 0.800. The van der Waals surface area contributed by atoms with Crippen molar-refractivity contribution in [3.05, 3.63) is 6.54 Å². The molecule has 0 unspecified atom stereocenters. The molecular formula is C10H19N4. The molecule has 0 aromatic rings. The predicted molar refractivity (Wildman–Crippen MR) is 58.4 cm³/mol. The molecule has 4 heteroatoms. The molecule has 79 valence electrons. The maximum absolute atomic E-state index is 4.32. The number of azo groups is 1. The second kappa shape index (κ2) is 3.67. The smallest absolute Gasteiger partial charge is 0.133 e. The van der Waals surface area contributed by atoms with E-state index in [9.17, 15) is 0 Å². The zero-order chi connectivity index (χ0) is 10.8. The third-order valence-corrected chi connectivity index (χ3v) is 1.76. The molecule has 1 N–H and O–H groups in total. The molecule has 0 saturated carbocycles. The van der Waals surface area contributed by atoms with Crippen LogP contribution in [0.4, 0.5) is 0 Å². The highest BCUT2D eigenvalue weighted by Gasteiger charge is 2.27. The van der Waals surface area contributed by atoms with Gasteiger partial charge in [-0.15, -0.1) is 0 Å². The van der Waals surface area contributed by atoms with Crippen LogP contribution in [0.15, 0.2) is 15.2 Å². The lowest BCUT2D eigenvalue weighted by Crippen LogP contribution is -2.38. The average molecular weight is 195 g/mol. The molecule has 1 radical (unpaired) electrons. The second-order valence-electron chi connectivity index (χ2n) is 4.97. The summed E-state index contributed by atoms with van der Waals surface area (Å²) >= 11 is 0. The Morgan fingerprint density at radius 2 is 1.86 bits per heavy atom. The molecule has 0 aromatic carbocycles. The topological polar surface area (TPSA) is 49.1 Å². The zero-order valence-electron chi connectivity index (χ0n) is 9.63. The average Bonchev–Trinajstić information content (AvgIpc) is 2.52. The summed E-state index contributed by atoms with van der Waals surface area (Å²) in [5, 5.41) is 11.8. The van der Waals surface area contributed by atoms with Crippen molar-refractivity contribution in [2.75, 3.05) is 6.54 Å². The van der Waals surface area contributed by atoms with Gasteiger partial charge < -0.3 is 5.32 Å². The van der Waals surface area contributed by atoms with Crippen LogP contribution < -0.4 is 5.32 Å². The van der Waals surface area contributed by atoms with E-state index in [1.165, 1.54) is 0 Å². The fourth-order valence-electron chi connectivity index (χ4n) is 1.02. The molecule has 0 spiro atoms. The Bertz CT molecular complexity index is 258. The van der Waals surface area contributed by atoms with Gasteiger partial charge in [0.2, 0.25) is 0 Å². The molecule has 4 nitrogen and oxygen atoms in total. The molecule has 1 heterocycles. The van der Waals surface area contributed by atoms with Crippen LogP contribution in [0.1, 0.15) is 34.6 Å². The van der Waals surface area contributed by atoms with Gasteiger partial charge in [0.05, 0.1) is 12.1 Å². The zero-order valence-corrected chi connectivity index (χ0v) is 9.63. The standard InChI is InChI=1S/C10H19N4/c1-9(2,3)13-14-10(4,5)8-11-6-7-12-8/h6H,7H2,1-5H3,(H,11,12). The van der Waals surface area contributed by atoms with Crippen molar-refractivity contribution in [3.8, 4) is 0 Å². The molecule has 0 saturated heterocycles. The van der Waals surface area contributed by atoms with E-state index < -0.39 is 0 Å². The van der Waals surface area contributed by atoms with Crippen LogP contribution in [0, 0.1) is 6.54 Å². The minimum absolute atomic E-state index is 0.125. The molecular weight excluding hydrogens is 176 g/mol. The maximum atomic E-state index is 4.32. The minimum Gasteiger partial charge on any atom is -0.370 e. The van der Waals surface area contributed by atoms with Crippen molar-refractivity contribution in [1.29, 1.82) is 0 Å². The molecule has 0 aromatic heterocycles. The Hall–Kier alpha value is -0.930. The van der Waals surface area contributed by atoms with Crippen LogP contribution in [0.5, 0.6) is 0 Å². The van der Waals surface area contributed by atoms with Crippen molar-refractivity contribution in [3.63, 3.8) is 0 Å². The van der Waals surface area contributed by atoms with Gasteiger partial charge in [0.1, 0.15) is 11.4 Å². The van der Waals surface area contributed by atoms with Gasteiger partial charge in [-0.3, -0.25) is 4.99 Å². The quantitative estimate of drug-likeness (QED) is 0.674. The number of hydrogen-bond acceptors (Lipinski definition) is 4. The summed E-state index contributed by atoms with van der Waals surface area (Å²) in [4.78, 5) is 4.23. The summed E-state index contributed by atoms with van der Waals surface area (Å²) in [6, 6.07) is 0. The first kappa shape index (κ1) is 11.1. The van der Waals surface area contributed by atoms with Crippen LogP contribution in [0.2, 0.25) is 0 Å². The Labute approximate surface area is 85.9 Å². The molecule has 0 aliphatic carbocycles. The number of aliphatic imine (C=N–C) groups is 1. The number of nitrogens with zero attached hydrogens (tertiary/aromatic N) is 3. The van der Waals surface area contributed by atoms with E-state index >= 15 is 0 Å². The summed E-state index contributed by atoms with van der Waals surface area (Å²) in [5.41, 5.74) is -0.472. The van der Waals surface area contributed by atoms with E-state index in [2.05, 4.69) is 20.5 Å². The van der Waals surface area contributed by atoms with Crippen LogP contribution in [0.3, 0.4) is 0 Å². The van der Waals surface area contributed by atoms with E-state index in [4.69, 9.17) is 0 Å². The molecule has 1 aliphatic heterocycles. The summed E-state index contributed by atoms with van der Waals surface area (Å²) < 4.78 is 0. The molecule has 0 bridgehead atoms. The number of amidine groups is 1. The van der Waals surface area contributed by atoms with Crippen molar-refractivity contribution < 1.29 is 0 Å². The number of rotatable bonds is 2. The van der Waals surface area contributed by atoms with E-state index in [0.29, 0.717) is 0 Å². The Balaban J connectivity index is 2.70. The Morgan fingerprint density at radius 1 is 1.21 bits per heavy atom. The third-order valence-electron chi connectivity index (χ3n) is 1.76. The summed E-state index contributed by atoms with van der Waals surface area (Å²) in [7, 11) is 0. The molecule has 1 rings (SSSR count). The van der Waals surface area contributed by atoms with Crippen molar-refractivity contribution >= 4 is 5.84 Å². The van der Waals surface area contributed by atoms with Gasteiger partial charge in [0, 0.05) is 6.54 Å². The van der Waals surface area contributed by atoms with Gasteiger partial charge in [-0.2, -0.15) is 10.2 Å². The molecule has 14 heavy (non-hydrogen) atoms. The van der Waals surface area contributed by atoms with Crippen LogP contribution in [-0.4, -0.2) is 23.5 Å². The molecule has 1 aliphatic rings. The lowest BCUT2D eigenvalue weighted by molar-refractivity contribution is 0.499. The maximum Gasteiger partial charge on any atom is 0.133 e. The van der Waals surface area contributed by atoms with Gasteiger partial charge in [-0.25, -0.2) is 0 Å². The van der Waals surface area contributed by atoms with Gasteiger partial charge in [0.15, 0.2) is 0 Å². The molecule has 0 fully saturated rings. The second-order valence-corrected chi connectivity index (χ2v) is 4.97. The summed E-state index contributed by atoms with van der Waals surface area (Å²) in [6.45, 7) is 12.8. The first-order valence-electron chi connectivity index (χ1n) is 4.89. The molecule has 0 amide bonds. The van der Waals surface area contributed by atoms with Gasteiger partial charge >= 0.3 is 0 Å². The van der Waals surface area contributed by atoms with E-state index in [0.717, 1.165) is 12.4 Å². The first-order chi connectivity index (χ1) is 6.31. The van der Waals surface area contributed by atoms with E-state index in [1.807, 2.05) is 41.2 Å². The highest BCUT2D eigenvalue weighted by molar-refractivity contribution is 5.92. The Morgan fingerprint density at radius 3 is 2.29 bits per heavy atom. The highest BCUT2D eigenvalue weighted by Crippen LogP contribution is 2.17. The predicted octanol–water partition coefficient (Wildman–Crippen LogP) is 2.18. The Kier molecular flexibility index (Phi) is 2.92. The first-order valence-corrected chi connectivity index (χ1v) is 4.89. The normalized spacial score (nSPS) is 18.5. The summed E-state index contributed by atoms with van der Waals surface area (Å²) in [6.07, 6.45) is 0. The SMILES string of the molecule is CC(C)(C)N=NC(C)(C)C1=N[CH]CN1. The van der Waals surface area contributed by atoms with E-state index in [-0.39, 0.29) is 11.1 Å². The van der Waals surface area contributed by atoms with Crippen molar-refractivity contribution in [2.24, 2.45) is 15.2 Å². The minimum atomic E-state index is -0.347. The van der Waals surface area contributed by atoms with Gasteiger partial charge in [-0.1, -0.05) is 0 Å². The highest BCUT2D eigenvalue weighted by atomic mass is 15.2. The van der Waals surface area contributed by atoms with Crippen LogP contribution in [0.25, 0.3) is 0 Å².